The Morgan fingerprint density at radius 1 is 1.30 bits per heavy atom. The molecular formula is C20H24N2O5. The number of rotatable bonds is 8. The van der Waals surface area contributed by atoms with Crippen LogP contribution in [-0.4, -0.2) is 32.6 Å². The van der Waals surface area contributed by atoms with Gasteiger partial charge in [0.25, 0.3) is 5.56 Å². The fourth-order valence-electron chi connectivity index (χ4n) is 3.62. The monoisotopic (exact) mass is 372 g/mol. The Labute approximate surface area is 157 Å². The number of aromatic nitrogens is 2. The minimum absolute atomic E-state index is 0.0122. The zero-order valence-electron chi connectivity index (χ0n) is 15.1. The number of carbonyl (C=O) groups is 1. The van der Waals surface area contributed by atoms with E-state index in [2.05, 4.69) is 5.10 Å². The Hall–Kier alpha value is -2.67. The first-order valence-electron chi connectivity index (χ1n) is 9.26. The molecule has 1 heterocycles. The molecule has 0 aliphatic heterocycles. The predicted octanol–water partition coefficient (Wildman–Crippen LogP) is 2.78. The van der Waals surface area contributed by atoms with E-state index in [0.29, 0.717) is 24.5 Å². The van der Waals surface area contributed by atoms with E-state index in [-0.39, 0.29) is 12.4 Å². The molecule has 1 aliphatic carbocycles. The third-order valence-corrected chi connectivity index (χ3v) is 4.99. The van der Waals surface area contributed by atoms with Crippen LogP contribution in [0.4, 0.5) is 0 Å². The molecule has 0 radical (unpaired) electrons. The van der Waals surface area contributed by atoms with Crippen LogP contribution in [0.3, 0.4) is 0 Å². The minimum Gasteiger partial charge on any atom is -0.480 e. The molecule has 2 aromatic rings. The number of ether oxygens (including phenoxy) is 1. The van der Waals surface area contributed by atoms with Gasteiger partial charge in [-0.05, 0) is 30.4 Å². The van der Waals surface area contributed by atoms with Crippen LogP contribution < -0.4 is 10.3 Å². The molecule has 1 saturated carbocycles. The first kappa shape index (κ1) is 19.1. The third-order valence-electron chi connectivity index (χ3n) is 4.99. The maximum absolute atomic E-state index is 12.5. The summed E-state index contributed by atoms with van der Waals surface area (Å²) in [6.45, 7) is -0.0122. The Balaban J connectivity index is 1.80. The summed E-state index contributed by atoms with van der Waals surface area (Å²) in [5.41, 5.74) is 0.311. The first-order chi connectivity index (χ1) is 13.1. The van der Waals surface area contributed by atoms with Gasteiger partial charge in [0.1, 0.15) is 5.75 Å². The fraction of sp³-hybridized carbons (Fsp3) is 0.450. The van der Waals surface area contributed by atoms with Gasteiger partial charge in [-0.25, -0.2) is 9.48 Å². The second-order valence-electron chi connectivity index (χ2n) is 6.90. The average Bonchev–Trinajstić information content (AvgIpc) is 3.15. The normalized spacial score (nSPS) is 15.6. The van der Waals surface area contributed by atoms with Crippen LogP contribution in [0.15, 0.2) is 41.3 Å². The summed E-state index contributed by atoms with van der Waals surface area (Å²) in [6.07, 6.45) is 6.44. The van der Waals surface area contributed by atoms with Gasteiger partial charge in [-0.1, -0.05) is 43.9 Å². The van der Waals surface area contributed by atoms with Crippen molar-refractivity contribution in [3.05, 3.63) is 52.4 Å². The zero-order valence-corrected chi connectivity index (χ0v) is 15.1. The van der Waals surface area contributed by atoms with Crippen LogP contribution in [0.2, 0.25) is 0 Å². The van der Waals surface area contributed by atoms with E-state index < -0.39 is 17.6 Å². The highest BCUT2D eigenvalue weighted by molar-refractivity contribution is 5.71. The van der Waals surface area contributed by atoms with E-state index >= 15 is 0 Å². The number of hydrogen-bond acceptors (Lipinski definition) is 5. The zero-order chi connectivity index (χ0) is 19.2. The van der Waals surface area contributed by atoms with Crippen LogP contribution in [0.5, 0.6) is 11.5 Å². The van der Waals surface area contributed by atoms with Gasteiger partial charge < -0.3 is 14.9 Å². The van der Waals surface area contributed by atoms with Crippen molar-refractivity contribution >= 4 is 5.97 Å². The van der Waals surface area contributed by atoms with Crippen molar-refractivity contribution in [1.82, 2.24) is 9.78 Å². The summed E-state index contributed by atoms with van der Waals surface area (Å²) in [6, 6.07) is 7.52. The summed E-state index contributed by atoms with van der Waals surface area (Å²) in [7, 11) is 0. The van der Waals surface area contributed by atoms with Crippen LogP contribution in [-0.2, 0) is 11.2 Å². The lowest BCUT2D eigenvalue weighted by Crippen LogP contribution is -2.32. The highest BCUT2D eigenvalue weighted by Crippen LogP contribution is 2.31. The summed E-state index contributed by atoms with van der Waals surface area (Å²) in [5.74, 6) is 0.0532. The topological polar surface area (TPSA) is 102 Å². The number of para-hydroxylation sites is 1. The predicted molar refractivity (Wildman–Crippen MR) is 99.1 cm³/mol. The Bertz CT molecular complexity index is 842. The van der Waals surface area contributed by atoms with Crippen molar-refractivity contribution in [3.8, 4) is 11.5 Å². The summed E-state index contributed by atoms with van der Waals surface area (Å²) >= 11 is 0. The molecule has 7 heteroatoms. The molecule has 0 spiro atoms. The van der Waals surface area contributed by atoms with Gasteiger partial charge in [0, 0.05) is 12.7 Å². The second-order valence-corrected chi connectivity index (χ2v) is 6.90. The van der Waals surface area contributed by atoms with Crippen LogP contribution >= 0.6 is 0 Å². The molecule has 144 valence electrons. The molecule has 0 amide bonds. The molecule has 27 heavy (non-hydrogen) atoms. The molecule has 2 N–H and O–H groups in total. The lowest BCUT2D eigenvalue weighted by molar-refractivity contribution is -0.142. The fourth-order valence-corrected chi connectivity index (χ4v) is 3.62. The van der Waals surface area contributed by atoms with Crippen molar-refractivity contribution in [2.45, 2.75) is 44.6 Å². The molecule has 7 nitrogen and oxygen atoms in total. The number of aliphatic hydroxyl groups is 1. The van der Waals surface area contributed by atoms with Gasteiger partial charge in [0.2, 0.25) is 0 Å². The quantitative estimate of drug-likeness (QED) is 0.739. The highest BCUT2D eigenvalue weighted by Gasteiger charge is 2.28. The van der Waals surface area contributed by atoms with Gasteiger partial charge >= 0.3 is 5.97 Å². The van der Waals surface area contributed by atoms with Gasteiger partial charge in [-0.3, -0.25) is 4.79 Å². The van der Waals surface area contributed by atoms with E-state index in [0.717, 1.165) is 35.9 Å². The van der Waals surface area contributed by atoms with E-state index in [1.165, 1.54) is 12.3 Å². The van der Waals surface area contributed by atoms with E-state index in [1.54, 1.807) is 12.1 Å². The standard InChI is InChI=1S/C20H24N2O5/c23-10-9-15-7-3-4-8-18(15)27-16-12-19(24)22(21-13-16)17(20(25)26)11-14-5-1-2-6-14/h3-4,7-8,12-14,17,23H,1-2,5-6,9-11H2,(H,25,26). The number of aliphatic hydroxyl groups excluding tert-OH is 1. The molecule has 0 bridgehead atoms. The van der Waals surface area contributed by atoms with Crippen molar-refractivity contribution in [1.29, 1.82) is 0 Å². The number of carboxylic acid groups (broad SMARTS) is 1. The Morgan fingerprint density at radius 3 is 2.70 bits per heavy atom. The van der Waals surface area contributed by atoms with Gasteiger partial charge in [-0.15, -0.1) is 0 Å². The maximum Gasteiger partial charge on any atom is 0.328 e. The number of benzene rings is 1. The molecule has 3 rings (SSSR count). The minimum atomic E-state index is -1.04. The number of nitrogens with zero attached hydrogens (tertiary/aromatic N) is 2. The number of aliphatic carboxylic acids is 1. The van der Waals surface area contributed by atoms with Crippen molar-refractivity contribution in [3.63, 3.8) is 0 Å². The second kappa shape index (κ2) is 8.81. The molecule has 1 atom stereocenters. The maximum atomic E-state index is 12.5. The van der Waals surface area contributed by atoms with Gasteiger partial charge in [0.15, 0.2) is 11.8 Å². The summed E-state index contributed by atoms with van der Waals surface area (Å²) in [5, 5.41) is 22.8. The number of carboxylic acids is 1. The molecule has 1 aliphatic rings. The SMILES string of the molecule is O=C(O)C(CC1CCCC1)n1ncc(Oc2ccccc2CCO)cc1=O. The van der Waals surface area contributed by atoms with Crippen LogP contribution in [0.25, 0.3) is 0 Å². The van der Waals surface area contributed by atoms with Crippen LogP contribution in [0, 0.1) is 5.92 Å². The highest BCUT2D eigenvalue weighted by atomic mass is 16.5. The lowest BCUT2D eigenvalue weighted by atomic mass is 9.98. The van der Waals surface area contributed by atoms with Crippen LogP contribution in [0.1, 0.15) is 43.7 Å². The average molecular weight is 372 g/mol. The van der Waals surface area contributed by atoms with E-state index in [9.17, 15) is 14.7 Å². The molecule has 1 fully saturated rings. The van der Waals surface area contributed by atoms with Gasteiger partial charge in [0.05, 0.1) is 6.20 Å². The van der Waals surface area contributed by atoms with Crippen molar-refractivity contribution < 1.29 is 19.7 Å². The molecule has 1 aromatic heterocycles. The van der Waals surface area contributed by atoms with E-state index in [4.69, 9.17) is 9.84 Å². The van der Waals surface area contributed by atoms with Gasteiger partial charge in [-0.2, -0.15) is 5.10 Å². The van der Waals surface area contributed by atoms with E-state index in [1.807, 2.05) is 12.1 Å². The molecule has 0 saturated heterocycles. The first-order valence-corrected chi connectivity index (χ1v) is 9.26. The smallest absolute Gasteiger partial charge is 0.328 e. The molecule has 1 aromatic carbocycles. The largest absolute Gasteiger partial charge is 0.480 e. The summed E-state index contributed by atoms with van der Waals surface area (Å²) < 4.78 is 6.77. The van der Waals surface area contributed by atoms with Crippen molar-refractivity contribution in [2.24, 2.45) is 5.92 Å². The lowest BCUT2D eigenvalue weighted by Gasteiger charge is -2.18. The van der Waals surface area contributed by atoms with Crippen molar-refractivity contribution in [2.75, 3.05) is 6.61 Å². The number of hydrogen-bond donors (Lipinski definition) is 2. The molecular weight excluding hydrogens is 348 g/mol. The molecule has 1 unspecified atom stereocenters. The Kier molecular flexibility index (Phi) is 6.24. The Morgan fingerprint density at radius 2 is 2.04 bits per heavy atom. The third kappa shape index (κ3) is 4.74. The summed E-state index contributed by atoms with van der Waals surface area (Å²) in [4.78, 5) is 24.2.